The molecule has 0 heterocycles. The Morgan fingerprint density at radius 1 is 1.18 bits per heavy atom. The normalized spacial score (nSPS) is 12.5. The minimum Gasteiger partial charge on any atom is -0.347 e. The SMILES string of the molecule is CCN(CC)S(=O)(=O)c1ccc(C)c(C(=O)NC(C)(C)C)c1. The number of aryl methyl sites for hydroxylation is 1. The van der Waals surface area contributed by atoms with Gasteiger partial charge < -0.3 is 5.32 Å². The molecular weight excluding hydrogens is 300 g/mol. The summed E-state index contributed by atoms with van der Waals surface area (Å²) in [5.41, 5.74) is 0.764. The fraction of sp³-hybridized carbons (Fsp3) is 0.562. The molecule has 6 heteroatoms. The molecule has 1 amide bonds. The number of sulfonamides is 1. The highest BCUT2D eigenvalue weighted by Crippen LogP contribution is 2.20. The van der Waals surface area contributed by atoms with Crippen LogP contribution in [0.4, 0.5) is 0 Å². The van der Waals surface area contributed by atoms with Crippen LogP contribution in [0.15, 0.2) is 23.1 Å². The Morgan fingerprint density at radius 3 is 2.18 bits per heavy atom. The van der Waals surface area contributed by atoms with Gasteiger partial charge in [-0.1, -0.05) is 19.9 Å². The first-order valence-electron chi connectivity index (χ1n) is 7.46. The van der Waals surface area contributed by atoms with Crippen LogP contribution in [-0.4, -0.2) is 37.3 Å². The molecule has 5 nitrogen and oxygen atoms in total. The maximum atomic E-state index is 12.6. The third-order valence-electron chi connectivity index (χ3n) is 3.29. The van der Waals surface area contributed by atoms with E-state index in [1.807, 2.05) is 20.8 Å². The van der Waals surface area contributed by atoms with Crippen molar-refractivity contribution in [3.63, 3.8) is 0 Å². The van der Waals surface area contributed by atoms with Crippen LogP contribution in [0.5, 0.6) is 0 Å². The molecule has 0 atom stereocenters. The van der Waals surface area contributed by atoms with Crippen LogP contribution in [0.3, 0.4) is 0 Å². The van der Waals surface area contributed by atoms with Gasteiger partial charge in [0.1, 0.15) is 0 Å². The van der Waals surface area contributed by atoms with E-state index in [0.29, 0.717) is 18.7 Å². The number of hydrogen-bond acceptors (Lipinski definition) is 3. The number of nitrogens with zero attached hydrogens (tertiary/aromatic N) is 1. The van der Waals surface area contributed by atoms with Gasteiger partial charge >= 0.3 is 0 Å². The van der Waals surface area contributed by atoms with Gasteiger partial charge in [0.05, 0.1) is 4.90 Å². The largest absolute Gasteiger partial charge is 0.347 e. The Morgan fingerprint density at radius 2 is 1.73 bits per heavy atom. The Bertz CT molecular complexity index is 642. The van der Waals surface area contributed by atoms with Crippen LogP contribution in [0.2, 0.25) is 0 Å². The highest BCUT2D eigenvalue weighted by molar-refractivity contribution is 7.89. The first kappa shape index (κ1) is 18.6. The number of benzene rings is 1. The van der Waals surface area contributed by atoms with E-state index in [1.165, 1.54) is 10.4 Å². The van der Waals surface area contributed by atoms with Crippen molar-refractivity contribution in [1.82, 2.24) is 9.62 Å². The molecular formula is C16H26N2O3S. The highest BCUT2D eigenvalue weighted by Gasteiger charge is 2.24. The van der Waals surface area contributed by atoms with Gasteiger partial charge in [-0.25, -0.2) is 8.42 Å². The summed E-state index contributed by atoms with van der Waals surface area (Å²) in [6, 6.07) is 4.69. The number of rotatable bonds is 5. The first-order valence-corrected chi connectivity index (χ1v) is 8.90. The van der Waals surface area contributed by atoms with Gasteiger partial charge in [-0.15, -0.1) is 0 Å². The van der Waals surface area contributed by atoms with Gasteiger partial charge in [-0.2, -0.15) is 4.31 Å². The minimum atomic E-state index is -3.56. The van der Waals surface area contributed by atoms with Gasteiger partial charge in [0.2, 0.25) is 10.0 Å². The van der Waals surface area contributed by atoms with Crippen molar-refractivity contribution in [2.45, 2.75) is 52.0 Å². The molecule has 0 aliphatic carbocycles. The Kier molecular flexibility index (Phi) is 5.76. The zero-order chi connectivity index (χ0) is 17.1. The second kappa shape index (κ2) is 6.79. The second-order valence-corrected chi connectivity index (χ2v) is 8.21. The second-order valence-electron chi connectivity index (χ2n) is 6.27. The summed E-state index contributed by atoms with van der Waals surface area (Å²) in [5.74, 6) is -0.262. The van der Waals surface area contributed by atoms with Crippen LogP contribution in [0.1, 0.15) is 50.5 Å². The zero-order valence-corrected chi connectivity index (χ0v) is 15.0. The average molecular weight is 326 g/mol. The van der Waals surface area contributed by atoms with Crippen molar-refractivity contribution >= 4 is 15.9 Å². The lowest BCUT2D eigenvalue weighted by atomic mass is 10.0. The predicted octanol–water partition coefficient (Wildman–Crippen LogP) is 2.55. The van der Waals surface area contributed by atoms with E-state index in [0.717, 1.165) is 5.56 Å². The van der Waals surface area contributed by atoms with E-state index in [2.05, 4.69) is 5.32 Å². The Labute approximate surface area is 133 Å². The molecule has 1 aromatic rings. The standard InChI is InChI=1S/C16H26N2O3S/c1-7-18(8-2)22(20,21)13-10-9-12(3)14(11-13)15(19)17-16(4,5)6/h9-11H,7-8H2,1-6H3,(H,17,19). The van der Waals surface area contributed by atoms with Gasteiger partial charge in [0.25, 0.3) is 5.91 Å². The number of carbonyl (C=O) groups is 1. The summed E-state index contributed by atoms with van der Waals surface area (Å²) in [5, 5.41) is 2.86. The predicted molar refractivity (Wildman–Crippen MR) is 88.5 cm³/mol. The number of amides is 1. The lowest BCUT2D eigenvalue weighted by molar-refractivity contribution is 0.0918. The average Bonchev–Trinajstić information content (AvgIpc) is 2.37. The molecule has 0 spiro atoms. The van der Waals surface area contributed by atoms with E-state index in [1.54, 1.807) is 32.9 Å². The van der Waals surface area contributed by atoms with Crippen molar-refractivity contribution in [1.29, 1.82) is 0 Å². The molecule has 0 fully saturated rings. The molecule has 0 aliphatic heterocycles. The number of hydrogen-bond donors (Lipinski definition) is 1. The van der Waals surface area contributed by atoms with E-state index in [4.69, 9.17) is 0 Å². The summed E-state index contributed by atoms with van der Waals surface area (Å²) in [6.07, 6.45) is 0. The smallest absolute Gasteiger partial charge is 0.251 e. The van der Waals surface area contributed by atoms with Crippen LogP contribution in [-0.2, 0) is 10.0 Å². The Hall–Kier alpha value is -1.40. The molecule has 1 rings (SSSR count). The summed E-state index contributed by atoms with van der Waals surface area (Å²) < 4.78 is 26.5. The molecule has 124 valence electrons. The van der Waals surface area contributed by atoms with Gasteiger partial charge in [0.15, 0.2) is 0 Å². The quantitative estimate of drug-likeness (QED) is 0.904. The van der Waals surface area contributed by atoms with E-state index in [-0.39, 0.29) is 16.3 Å². The molecule has 22 heavy (non-hydrogen) atoms. The molecule has 0 saturated carbocycles. The molecule has 1 aromatic carbocycles. The zero-order valence-electron chi connectivity index (χ0n) is 14.2. The summed E-state index contributed by atoms with van der Waals surface area (Å²) in [4.78, 5) is 12.5. The number of carbonyl (C=O) groups excluding carboxylic acids is 1. The highest BCUT2D eigenvalue weighted by atomic mass is 32.2. The van der Waals surface area contributed by atoms with Crippen molar-refractivity contribution in [3.05, 3.63) is 29.3 Å². The van der Waals surface area contributed by atoms with Gasteiger partial charge in [-0.05, 0) is 45.4 Å². The van der Waals surface area contributed by atoms with Crippen molar-refractivity contribution < 1.29 is 13.2 Å². The monoisotopic (exact) mass is 326 g/mol. The molecule has 0 radical (unpaired) electrons. The van der Waals surface area contributed by atoms with Gasteiger partial charge in [-0.3, -0.25) is 4.79 Å². The molecule has 1 N–H and O–H groups in total. The number of nitrogens with one attached hydrogen (secondary N) is 1. The summed E-state index contributed by atoms with van der Waals surface area (Å²) in [7, 11) is -3.56. The molecule has 0 bridgehead atoms. The van der Waals surface area contributed by atoms with Crippen LogP contribution in [0.25, 0.3) is 0 Å². The lowest BCUT2D eigenvalue weighted by Crippen LogP contribution is -2.41. The van der Waals surface area contributed by atoms with E-state index in [9.17, 15) is 13.2 Å². The van der Waals surface area contributed by atoms with Crippen molar-refractivity contribution in [3.8, 4) is 0 Å². The van der Waals surface area contributed by atoms with Crippen molar-refractivity contribution in [2.24, 2.45) is 0 Å². The van der Waals surface area contributed by atoms with E-state index >= 15 is 0 Å². The minimum absolute atomic E-state index is 0.154. The fourth-order valence-corrected chi connectivity index (χ4v) is 3.61. The summed E-state index contributed by atoms with van der Waals surface area (Å²) >= 11 is 0. The van der Waals surface area contributed by atoms with Crippen LogP contribution >= 0.6 is 0 Å². The van der Waals surface area contributed by atoms with Crippen LogP contribution < -0.4 is 5.32 Å². The Balaban J connectivity index is 3.28. The first-order chi connectivity index (χ1) is 10.0. The van der Waals surface area contributed by atoms with E-state index < -0.39 is 10.0 Å². The maximum Gasteiger partial charge on any atom is 0.251 e. The van der Waals surface area contributed by atoms with Crippen molar-refractivity contribution in [2.75, 3.05) is 13.1 Å². The van der Waals surface area contributed by atoms with Crippen LogP contribution in [0, 0.1) is 6.92 Å². The topological polar surface area (TPSA) is 66.5 Å². The third-order valence-corrected chi connectivity index (χ3v) is 5.33. The molecule has 0 unspecified atom stereocenters. The maximum absolute atomic E-state index is 12.6. The molecule has 0 aliphatic rings. The summed E-state index contributed by atoms with van der Waals surface area (Å²) in [6.45, 7) is 11.8. The third kappa shape index (κ3) is 4.30. The molecule has 0 aromatic heterocycles. The van der Waals surface area contributed by atoms with Gasteiger partial charge in [0, 0.05) is 24.2 Å². The fourth-order valence-electron chi connectivity index (χ4n) is 2.13. The molecule has 0 saturated heterocycles. The lowest BCUT2D eigenvalue weighted by Gasteiger charge is -2.22.